The Kier molecular flexibility index (Phi) is 8.98. The Morgan fingerprint density at radius 2 is 1.83 bits per heavy atom. The molecule has 0 radical (unpaired) electrons. The zero-order valence-electron chi connectivity index (χ0n) is 21.7. The van der Waals surface area contributed by atoms with E-state index in [-0.39, 0.29) is 22.8 Å². The molecule has 0 aliphatic carbocycles. The highest BCUT2D eigenvalue weighted by molar-refractivity contribution is 6.46. The molecular weight excluding hydrogens is 460 g/mol. The topological polar surface area (TPSA) is 99.5 Å². The first-order chi connectivity index (χ1) is 17.2. The van der Waals surface area contributed by atoms with Gasteiger partial charge in [-0.2, -0.15) is 0 Å². The number of likely N-dealkylation sites (tertiary alicyclic amines) is 1. The lowest BCUT2D eigenvalue weighted by Gasteiger charge is -2.26. The van der Waals surface area contributed by atoms with E-state index in [1.54, 1.807) is 30.3 Å². The number of carbonyl (C=O) groups excluding carboxylic acids is 2. The van der Waals surface area contributed by atoms with Gasteiger partial charge in [0, 0.05) is 12.1 Å². The Balaban J connectivity index is 2.07. The molecule has 1 saturated heterocycles. The van der Waals surface area contributed by atoms with Crippen LogP contribution in [0.15, 0.2) is 42.0 Å². The lowest BCUT2D eigenvalue weighted by atomic mass is 9.94. The first-order valence-corrected chi connectivity index (χ1v) is 12.2. The van der Waals surface area contributed by atoms with E-state index >= 15 is 0 Å². The maximum absolute atomic E-state index is 13.2. The molecule has 2 aromatic rings. The molecule has 1 atom stereocenters. The van der Waals surface area contributed by atoms with Gasteiger partial charge in [0.25, 0.3) is 11.7 Å². The second-order valence-corrected chi connectivity index (χ2v) is 9.26. The number of aliphatic hydroxyl groups excluding tert-OH is 1. The Bertz CT molecular complexity index is 1140. The van der Waals surface area contributed by atoms with Crippen LogP contribution in [0, 0.1) is 6.92 Å². The minimum atomic E-state index is -0.817. The average Bonchev–Trinajstić information content (AvgIpc) is 3.10. The molecular formula is C28H36N2O6. The average molecular weight is 497 g/mol. The molecule has 8 heteroatoms. The van der Waals surface area contributed by atoms with Gasteiger partial charge in [-0.05, 0) is 81.9 Å². The highest BCUT2D eigenvalue weighted by atomic mass is 16.5. The third kappa shape index (κ3) is 5.82. The first kappa shape index (κ1) is 27.1. The highest BCUT2D eigenvalue weighted by Gasteiger charge is 2.46. The van der Waals surface area contributed by atoms with Gasteiger partial charge in [-0.25, -0.2) is 0 Å². The second-order valence-electron chi connectivity index (χ2n) is 9.26. The number of unbranched alkanes of at least 4 members (excludes halogenated alkanes) is 1. The SMILES string of the molecule is CCCCOc1ccc(C(O)=C2C(=O)C(=O)N(CCCN(C)C)[C@H]2c2ccc(O)c(OC)c2)cc1C. The summed E-state index contributed by atoms with van der Waals surface area (Å²) < 4.78 is 11.1. The molecule has 0 unspecified atom stereocenters. The van der Waals surface area contributed by atoms with Gasteiger partial charge in [-0.3, -0.25) is 9.59 Å². The van der Waals surface area contributed by atoms with Crippen molar-refractivity contribution in [3.05, 3.63) is 58.7 Å². The number of hydrogen-bond acceptors (Lipinski definition) is 7. The van der Waals surface area contributed by atoms with Crippen molar-refractivity contribution in [3.63, 3.8) is 0 Å². The number of methoxy groups -OCH3 is 1. The van der Waals surface area contributed by atoms with E-state index in [4.69, 9.17) is 9.47 Å². The Morgan fingerprint density at radius 1 is 1.08 bits per heavy atom. The van der Waals surface area contributed by atoms with E-state index in [9.17, 15) is 19.8 Å². The van der Waals surface area contributed by atoms with Gasteiger partial charge in [0.2, 0.25) is 0 Å². The predicted octanol–water partition coefficient (Wildman–Crippen LogP) is 4.26. The van der Waals surface area contributed by atoms with Gasteiger partial charge in [0.1, 0.15) is 11.5 Å². The van der Waals surface area contributed by atoms with Crippen molar-refractivity contribution < 1.29 is 29.3 Å². The summed E-state index contributed by atoms with van der Waals surface area (Å²) in [5.74, 6) is -0.775. The molecule has 194 valence electrons. The van der Waals surface area contributed by atoms with E-state index in [0.29, 0.717) is 36.4 Å². The zero-order valence-corrected chi connectivity index (χ0v) is 21.7. The molecule has 3 rings (SSSR count). The van der Waals surface area contributed by atoms with Crippen LogP contribution in [0.3, 0.4) is 0 Å². The van der Waals surface area contributed by atoms with Crippen molar-refractivity contribution >= 4 is 17.4 Å². The Hall–Kier alpha value is -3.52. The van der Waals surface area contributed by atoms with Crippen LogP contribution in [0.5, 0.6) is 17.2 Å². The van der Waals surface area contributed by atoms with Crippen molar-refractivity contribution in [2.24, 2.45) is 0 Å². The molecule has 8 nitrogen and oxygen atoms in total. The quantitative estimate of drug-likeness (QED) is 0.208. The van der Waals surface area contributed by atoms with Gasteiger partial charge in [0.15, 0.2) is 11.5 Å². The summed E-state index contributed by atoms with van der Waals surface area (Å²) in [7, 11) is 5.31. The summed E-state index contributed by atoms with van der Waals surface area (Å²) in [6.07, 6.45) is 2.61. The first-order valence-electron chi connectivity index (χ1n) is 12.2. The standard InChI is InChI=1S/C28H36N2O6/c1-6-7-15-36-22-12-10-20(16-18(22)2)26(32)24-25(19-9-11-21(31)23(17-19)35-5)30(28(34)27(24)33)14-8-13-29(3)4/h9-12,16-17,25,31-32H,6-8,13-15H2,1-5H3/t25-/m0/s1. The van der Waals surface area contributed by atoms with Crippen molar-refractivity contribution in [3.8, 4) is 17.2 Å². The number of hydrogen-bond donors (Lipinski definition) is 2. The normalized spacial score (nSPS) is 17.2. The molecule has 0 spiro atoms. The number of rotatable bonds is 11. The Morgan fingerprint density at radius 3 is 2.47 bits per heavy atom. The van der Waals surface area contributed by atoms with E-state index in [1.807, 2.05) is 25.9 Å². The van der Waals surface area contributed by atoms with Crippen LogP contribution in [-0.2, 0) is 9.59 Å². The summed E-state index contributed by atoms with van der Waals surface area (Å²) in [4.78, 5) is 29.8. The number of Topliss-reactive ketones (excluding diaryl/α,β-unsaturated/α-hetero) is 1. The highest BCUT2D eigenvalue weighted by Crippen LogP contribution is 2.42. The fraction of sp³-hybridized carbons (Fsp3) is 0.429. The van der Waals surface area contributed by atoms with Crippen LogP contribution in [-0.4, -0.2) is 72.6 Å². The number of carbonyl (C=O) groups is 2. The van der Waals surface area contributed by atoms with Gasteiger partial charge in [-0.15, -0.1) is 0 Å². The number of ketones is 1. The number of aryl methyl sites for hydroxylation is 1. The van der Waals surface area contributed by atoms with Crippen LogP contribution in [0.2, 0.25) is 0 Å². The maximum atomic E-state index is 13.2. The second kappa shape index (κ2) is 11.9. The van der Waals surface area contributed by atoms with Gasteiger partial charge >= 0.3 is 0 Å². The minimum Gasteiger partial charge on any atom is -0.507 e. The van der Waals surface area contributed by atoms with E-state index in [1.165, 1.54) is 18.1 Å². The molecule has 36 heavy (non-hydrogen) atoms. The van der Waals surface area contributed by atoms with E-state index in [0.717, 1.165) is 24.9 Å². The summed E-state index contributed by atoms with van der Waals surface area (Å²) >= 11 is 0. The molecule has 1 aliphatic rings. The lowest BCUT2D eigenvalue weighted by molar-refractivity contribution is -0.139. The lowest BCUT2D eigenvalue weighted by Crippen LogP contribution is -2.32. The van der Waals surface area contributed by atoms with Crippen LogP contribution in [0.4, 0.5) is 0 Å². The monoisotopic (exact) mass is 496 g/mol. The number of benzene rings is 2. The smallest absolute Gasteiger partial charge is 0.295 e. The number of aliphatic hydroxyl groups is 1. The summed E-state index contributed by atoms with van der Waals surface area (Å²) in [6.45, 7) is 5.63. The fourth-order valence-corrected chi connectivity index (χ4v) is 4.32. The van der Waals surface area contributed by atoms with Crippen molar-refractivity contribution in [2.75, 3.05) is 40.9 Å². The summed E-state index contributed by atoms with van der Waals surface area (Å²) in [5, 5.41) is 21.4. The molecule has 0 aromatic heterocycles. The molecule has 1 amide bonds. The summed E-state index contributed by atoms with van der Waals surface area (Å²) in [5.41, 5.74) is 1.82. The van der Waals surface area contributed by atoms with Crippen molar-refractivity contribution in [1.29, 1.82) is 0 Å². The van der Waals surface area contributed by atoms with Gasteiger partial charge < -0.3 is 29.5 Å². The molecule has 0 saturated carbocycles. The largest absolute Gasteiger partial charge is 0.507 e. The van der Waals surface area contributed by atoms with Crippen LogP contribution < -0.4 is 9.47 Å². The molecule has 1 fully saturated rings. The number of ether oxygens (including phenoxy) is 2. The van der Waals surface area contributed by atoms with E-state index in [2.05, 4.69) is 6.92 Å². The Labute approximate surface area is 212 Å². The third-order valence-corrected chi connectivity index (χ3v) is 6.27. The molecule has 2 N–H and O–H groups in total. The van der Waals surface area contributed by atoms with Crippen LogP contribution in [0.1, 0.15) is 48.9 Å². The predicted molar refractivity (Wildman–Crippen MR) is 138 cm³/mol. The van der Waals surface area contributed by atoms with Crippen LogP contribution >= 0.6 is 0 Å². The molecule has 1 heterocycles. The summed E-state index contributed by atoms with van der Waals surface area (Å²) in [6, 6.07) is 9.08. The number of phenols is 1. The number of aromatic hydroxyl groups is 1. The molecule has 1 aliphatic heterocycles. The number of amides is 1. The van der Waals surface area contributed by atoms with Gasteiger partial charge in [0.05, 0.1) is 25.3 Å². The minimum absolute atomic E-state index is 0.0108. The van der Waals surface area contributed by atoms with Crippen molar-refractivity contribution in [1.82, 2.24) is 9.80 Å². The third-order valence-electron chi connectivity index (χ3n) is 6.27. The fourth-order valence-electron chi connectivity index (χ4n) is 4.32. The van der Waals surface area contributed by atoms with Crippen LogP contribution in [0.25, 0.3) is 5.76 Å². The zero-order chi connectivity index (χ0) is 26.4. The molecule has 2 aromatic carbocycles. The number of phenolic OH excluding ortho intramolecular Hbond substituents is 1. The molecule has 0 bridgehead atoms. The maximum Gasteiger partial charge on any atom is 0.295 e. The number of nitrogens with zero attached hydrogens (tertiary/aromatic N) is 2. The van der Waals surface area contributed by atoms with Crippen molar-refractivity contribution in [2.45, 2.75) is 39.2 Å². The van der Waals surface area contributed by atoms with Gasteiger partial charge in [-0.1, -0.05) is 19.4 Å². The van der Waals surface area contributed by atoms with E-state index < -0.39 is 17.7 Å².